The molecule has 0 amide bonds. The van der Waals surface area contributed by atoms with Gasteiger partial charge >= 0.3 is 0 Å². The van der Waals surface area contributed by atoms with Gasteiger partial charge in [-0.1, -0.05) is 13.8 Å². The monoisotopic (exact) mass is 252 g/mol. The zero-order chi connectivity index (χ0) is 13.1. The lowest BCUT2D eigenvalue weighted by Gasteiger charge is -2.28. The smallest absolute Gasteiger partial charge is 0.129 e. The fraction of sp³-hybridized carbons (Fsp3) is 0.583. The first-order chi connectivity index (χ1) is 7.84. The van der Waals surface area contributed by atoms with E-state index in [0.29, 0.717) is 10.6 Å². The van der Waals surface area contributed by atoms with Crippen molar-refractivity contribution in [2.75, 3.05) is 38.2 Å². The number of nitrogen functional groups attached to an aromatic ring is 1. The molecular formula is C12H20N4S. The summed E-state index contributed by atoms with van der Waals surface area (Å²) in [7, 11) is 4.14. The molecule has 0 fully saturated rings. The molecular weight excluding hydrogens is 232 g/mol. The Morgan fingerprint density at radius 3 is 2.65 bits per heavy atom. The number of thiophene rings is 1. The summed E-state index contributed by atoms with van der Waals surface area (Å²) in [5, 5.41) is 13.1. The minimum absolute atomic E-state index is 0.176. The molecule has 0 saturated heterocycles. The van der Waals surface area contributed by atoms with Crippen molar-refractivity contribution in [3.05, 3.63) is 10.9 Å². The van der Waals surface area contributed by atoms with Crippen molar-refractivity contribution < 1.29 is 0 Å². The van der Waals surface area contributed by atoms with Crippen molar-refractivity contribution in [1.29, 1.82) is 5.26 Å². The molecule has 1 aromatic heterocycles. The van der Waals surface area contributed by atoms with Gasteiger partial charge in [0.05, 0.1) is 10.7 Å². The second-order valence-corrected chi connectivity index (χ2v) is 6.31. The Labute approximate surface area is 107 Å². The fourth-order valence-electron chi connectivity index (χ4n) is 1.82. The molecule has 0 spiro atoms. The molecule has 1 heterocycles. The maximum absolute atomic E-state index is 8.82. The molecule has 3 N–H and O–H groups in total. The number of rotatable bonds is 5. The van der Waals surface area contributed by atoms with E-state index < -0.39 is 0 Å². The molecule has 0 radical (unpaired) electrons. The zero-order valence-electron chi connectivity index (χ0n) is 10.9. The highest BCUT2D eigenvalue weighted by molar-refractivity contribution is 7.17. The second-order valence-electron chi connectivity index (χ2n) is 5.26. The van der Waals surface area contributed by atoms with Crippen LogP contribution in [0.4, 0.5) is 10.7 Å². The first-order valence-electron chi connectivity index (χ1n) is 5.52. The third kappa shape index (κ3) is 4.25. The van der Waals surface area contributed by atoms with Gasteiger partial charge in [-0.3, -0.25) is 0 Å². The minimum Gasteiger partial charge on any atom is -0.397 e. The van der Waals surface area contributed by atoms with Crippen molar-refractivity contribution >= 4 is 22.0 Å². The summed E-state index contributed by atoms with van der Waals surface area (Å²) < 4.78 is 0. The summed E-state index contributed by atoms with van der Waals surface area (Å²) in [6, 6.07) is 3.92. The van der Waals surface area contributed by atoms with Gasteiger partial charge in [0.1, 0.15) is 10.9 Å². The Kier molecular flexibility index (Phi) is 4.38. The van der Waals surface area contributed by atoms with Crippen molar-refractivity contribution in [3.8, 4) is 6.07 Å². The Morgan fingerprint density at radius 2 is 2.18 bits per heavy atom. The normalized spacial score (nSPS) is 11.5. The molecule has 17 heavy (non-hydrogen) atoms. The van der Waals surface area contributed by atoms with E-state index in [1.54, 1.807) is 0 Å². The molecule has 5 heteroatoms. The van der Waals surface area contributed by atoms with Gasteiger partial charge in [-0.2, -0.15) is 5.26 Å². The van der Waals surface area contributed by atoms with Crippen LogP contribution in [0.15, 0.2) is 6.07 Å². The molecule has 0 aliphatic carbocycles. The van der Waals surface area contributed by atoms with Crippen LogP contribution < -0.4 is 11.1 Å². The van der Waals surface area contributed by atoms with E-state index in [4.69, 9.17) is 11.0 Å². The van der Waals surface area contributed by atoms with Crippen molar-refractivity contribution in [1.82, 2.24) is 4.90 Å². The summed E-state index contributed by atoms with van der Waals surface area (Å²) >= 11 is 1.41. The van der Waals surface area contributed by atoms with Gasteiger partial charge in [0.2, 0.25) is 0 Å². The predicted octanol–water partition coefficient (Wildman–Crippen LogP) is 2.20. The summed E-state index contributed by atoms with van der Waals surface area (Å²) in [5.41, 5.74) is 6.45. The Bertz CT molecular complexity index is 415. The zero-order valence-corrected chi connectivity index (χ0v) is 11.7. The van der Waals surface area contributed by atoms with Crippen LogP contribution in [0.3, 0.4) is 0 Å². The van der Waals surface area contributed by atoms with Gasteiger partial charge in [-0.25, -0.2) is 0 Å². The lowest BCUT2D eigenvalue weighted by Crippen LogP contribution is -2.34. The van der Waals surface area contributed by atoms with Gasteiger partial charge in [0, 0.05) is 13.1 Å². The van der Waals surface area contributed by atoms with Crippen molar-refractivity contribution in [2.45, 2.75) is 13.8 Å². The highest BCUT2D eigenvalue weighted by Gasteiger charge is 2.19. The highest BCUT2D eigenvalue weighted by atomic mass is 32.1. The van der Waals surface area contributed by atoms with Crippen LogP contribution in [0, 0.1) is 16.7 Å². The SMILES string of the molecule is CN(C)CC(C)(C)CNc1cc(N)c(C#N)s1. The van der Waals surface area contributed by atoms with E-state index in [2.05, 4.69) is 44.2 Å². The van der Waals surface area contributed by atoms with Crippen LogP contribution in [-0.2, 0) is 0 Å². The number of nitriles is 1. The Hall–Kier alpha value is -1.25. The van der Waals surface area contributed by atoms with Crippen molar-refractivity contribution in [3.63, 3.8) is 0 Å². The lowest BCUT2D eigenvalue weighted by molar-refractivity contribution is 0.254. The third-order valence-electron chi connectivity index (χ3n) is 2.35. The number of anilines is 2. The molecule has 1 aromatic rings. The summed E-state index contributed by atoms with van der Waals surface area (Å²) in [4.78, 5) is 2.75. The maximum Gasteiger partial charge on any atom is 0.129 e. The first-order valence-corrected chi connectivity index (χ1v) is 6.34. The van der Waals surface area contributed by atoms with Crippen LogP contribution in [0.5, 0.6) is 0 Å². The molecule has 0 unspecified atom stereocenters. The largest absolute Gasteiger partial charge is 0.397 e. The first kappa shape index (κ1) is 13.8. The van der Waals surface area contributed by atoms with Crippen LogP contribution in [0.2, 0.25) is 0 Å². The molecule has 0 aliphatic rings. The number of hydrogen-bond donors (Lipinski definition) is 2. The number of nitrogens with zero attached hydrogens (tertiary/aromatic N) is 2. The third-order valence-corrected chi connectivity index (χ3v) is 3.36. The summed E-state index contributed by atoms with van der Waals surface area (Å²) in [5.74, 6) is 0. The van der Waals surface area contributed by atoms with Gasteiger partial charge in [-0.15, -0.1) is 11.3 Å². The number of nitrogens with two attached hydrogens (primary N) is 1. The molecule has 1 rings (SSSR count). The summed E-state index contributed by atoms with van der Waals surface area (Å²) in [6.07, 6.45) is 0. The maximum atomic E-state index is 8.82. The quantitative estimate of drug-likeness (QED) is 0.843. The van der Waals surface area contributed by atoms with E-state index in [-0.39, 0.29) is 5.41 Å². The average Bonchev–Trinajstić information content (AvgIpc) is 2.54. The van der Waals surface area contributed by atoms with E-state index in [1.807, 2.05) is 6.07 Å². The van der Waals surface area contributed by atoms with Crippen molar-refractivity contribution in [2.24, 2.45) is 5.41 Å². The van der Waals surface area contributed by atoms with E-state index >= 15 is 0 Å². The second kappa shape index (κ2) is 5.39. The fourth-order valence-corrected chi connectivity index (χ4v) is 2.59. The van der Waals surface area contributed by atoms with Crippen LogP contribution in [0.25, 0.3) is 0 Å². The number of hydrogen-bond acceptors (Lipinski definition) is 5. The molecule has 0 saturated carbocycles. The molecule has 0 aromatic carbocycles. The minimum atomic E-state index is 0.176. The van der Waals surface area contributed by atoms with E-state index in [9.17, 15) is 0 Å². The molecule has 4 nitrogen and oxygen atoms in total. The highest BCUT2D eigenvalue weighted by Crippen LogP contribution is 2.29. The molecule has 94 valence electrons. The lowest BCUT2D eigenvalue weighted by atomic mass is 9.93. The number of nitrogens with one attached hydrogen (secondary N) is 1. The Balaban J connectivity index is 2.58. The van der Waals surface area contributed by atoms with Gasteiger partial charge < -0.3 is 16.0 Å². The van der Waals surface area contributed by atoms with Gasteiger partial charge in [0.15, 0.2) is 0 Å². The van der Waals surface area contributed by atoms with Crippen LogP contribution >= 0.6 is 11.3 Å². The topological polar surface area (TPSA) is 65.1 Å². The van der Waals surface area contributed by atoms with Crippen LogP contribution in [0.1, 0.15) is 18.7 Å². The van der Waals surface area contributed by atoms with Crippen LogP contribution in [-0.4, -0.2) is 32.1 Å². The Morgan fingerprint density at radius 1 is 1.53 bits per heavy atom. The van der Waals surface area contributed by atoms with Gasteiger partial charge in [-0.05, 0) is 25.6 Å². The molecule has 0 atom stereocenters. The molecule has 0 aliphatic heterocycles. The average molecular weight is 252 g/mol. The predicted molar refractivity (Wildman–Crippen MR) is 74.3 cm³/mol. The molecule has 0 bridgehead atoms. The van der Waals surface area contributed by atoms with Gasteiger partial charge in [0.25, 0.3) is 0 Å². The van der Waals surface area contributed by atoms with E-state index in [1.165, 1.54) is 11.3 Å². The van der Waals surface area contributed by atoms with E-state index in [0.717, 1.165) is 18.1 Å². The summed E-state index contributed by atoms with van der Waals surface area (Å²) in [6.45, 7) is 6.28. The standard InChI is InChI=1S/C12H20N4S/c1-12(2,8-16(3)4)7-15-11-5-9(14)10(6-13)17-11/h5,15H,7-8,14H2,1-4H3.